The van der Waals surface area contributed by atoms with Crippen LogP contribution in [0, 0.1) is 19.3 Å². The highest BCUT2D eigenvalue weighted by atomic mass is 32.2. The van der Waals surface area contributed by atoms with E-state index in [-0.39, 0.29) is 21.4 Å². The molecule has 1 heterocycles. The topological polar surface area (TPSA) is 121 Å². The molecule has 0 fully saturated rings. The molecular weight excluding hydrogens is 509 g/mol. The standard InChI is InChI=1S/C20H20N2O3S3.C2HF3O/c1-11-7-14(23)8-12(2)18(11)13-5-4-6-15(9-13)28(24,25)17-10-16(19(21)22)27-20(17)26-3;3-2(4,5)1-6/h4-10,23H,1-3H3,(H3,21,22);1H. The normalized spacial score (nSPS) is 11.5. The molecule has 0 radical (unpaired) electrons. The number of nitrogens with two attached hydrogens (primary N) is 1. The molecular formula is C22H21F3N2O4S3. The third-order valence-electron chi connectivity index (χ3n) is 4.49. The Morgan fingerprint density at radius 1 is 1.15 bits per heavy atom. The number of carbonyl (C=O) groups is 1. The lowest BCUT2D eigenvalue weighted by molar-refractivity contribution is -0.156. The number of nitrogen functional groups attached to an aromatic ring is 1. The maximum Gasteiger partial charge on any atom is 0.446 e. The third-order valence-corrected chi connectivity index (χ3v) is 8.83. The Morgan fingerprint density at radius 2 is 1.71 bits per heavy atom. The van der Waals surface area contributed by atoms with Crippen LogP contribution in [-0.2, 0) is 14.6 Å². The zero-order valence-corrected chi connectivity index (χ0v) is 20.7. The molecule has 6 nitrogen and oxygen atoms in total. The molecule has 0 atom stereocenters. The Bertz CT molecular complexity index is 1310. The number of phenolic OH excluding ortho intramolecular Hbond substituents is 1. The number of thiophene rings is 1. The lowest BCUT2D eigenvalue weighted by Gasteiger charge is -2.13. The number of carbonyl (C=O) groups excluding carboxylic acids is 1. The van der Waals surface area contributed by atoms with Crippen LogP contribution in [0.4, 0.5) is 13.2 Å². The van der Waals surface area contributed by atoms with Gasteiger partial charge in [-0.2, -0.15) is 13.2 Å². The van der Waals surface area contributed by atoms with Gasteiger partial charge in [0.05, 0.1) is 18.9 Å². The molecule has 3 aromatic rings. The van der Waals surface area contributed by atoms with E-state index in [1.165, 1.54) is 29.2 Å². The number of aldehydes is 1. The van der Waals surface area contributed by atoms with Gasteiger partial charge in [0.2, 0.25) is 16.1 Å². The van der Waals surface area contributed by atoms with E-state index >= 15 is 0 Å². The first kappa shape index (κ1) is 27.4. The number of phenols is 1. The summed E-state index contributed by atoms with van der Waals surface area (Å²) in [6.45, 7) is 3.76. The lowest BCUT2D eigenvalue weighted by atomic mass is 9.95. The number of nitrogens with one attached hydrogen (secondary N) is 1. The Kier molecular flexibility index (Phi) is 8.56. The first-order valence-electron chi connectivity index (χ1n) is 9.42. The van der Waals surface area contributed by atoms with Gasteiger partial charge in [0.15, 0.2) is 0 Å². The fourth-order valence-electron chi connectivity index (χ4n) is 3.16. The zero-order chi connectivity index (χ0) is 25.8. The second kappa shape index (κ2) is 10.6. The molecule has 0 unspecified atom stereocenters. The van der Waals surface area contributed by atoms with E-state index in [0.29, 0.717) is 9.09 Å². The zero-order valence-electron chi connectivity index (χ0n) is 18.2. The van der Waals surface area contributed by atoms with E-state index in [1.54, 1.807) is 36.6 Å². The minimum atomic E-state index is -4.64. The van der Waals surface area contributed by atoms with Crippen molar-refractivity contribution < 1.29 is 31.5 Å². The molecule has 0 saturated heterocycles. The second-order valence-corrected chi connectivity index (χ2v) is 11.1. The van der Waals surface area contributed by atoms with Crippen LogP contribution in [0.2, 0.25) is 0 Å². The maximum absolute atomic E-state index is 13.3. The molecule has 3 rings (SSSR count). The summed E-state index contributed by atoms with van der Waals surface area (Å²) in [5, 5.41) is 17.4. The molecule has 0 bridgehead atoms. The van der Waals surface area contributed by atoms with E-state index in [1.807, 2.05) is 19.9 Å². The number of amidine groups is 1. The van der Waals surface area contributed by atoms with Gasteiger partial charge in [-0.25, -0.2) is 8.42 Å². The number of rotatable bonds is 5. The number of aromatic hydroxyl groups is 1. The molecule has 182 valence electrons. The summed E-state index contributed by atoms with van der Waals surface area (Å²) >= 11 is 2.52. The molecule has 0 aliphatic heterocycles. The van der Waals surface area contributed by atoms with E-state index in [9.17, 15) is 26.7 Å². The van der Waals surface area contributed by atoms with Gasteiger partial charge in [-0.15, -0.1) is 23.1 Å². The number of halogens is 3. The molecule has 2 aromatic carbocycles. The van der Waals surface area contributed by atoms with Gasteiger partial charge in [-0.05, 0) is 72.7 Å². The van der Waals surface area contributed by atoms with E-state index in [0.717, 1.165) is 22.3 Å². The predicted octanol–water partition coefficient (Wildman–Crippen LogP) is 5.32. The van der Waals surface area contributed by atoms with Crippen molar-refractivity contribution in [2.45, 2.75) is 34.0 Å². The number of aryl methyl sites for hydroxylation is 2. The van der Waals surface area contributed by atoms with Crippen LogP contribution < -0.4 is 5.73 Å². The summed E-state index contributed by atoms with van der Waals surface area (Å²) in [5.74, 6) is 0.0352. The quantitative estimate of drug-likeness (QED) is 0.178. The predicted molar refractivity (Wildman–Crippen MR) is 128 cm³/mol. The number of hydrogen-bond donors (Lipinski definition) is 3. The Morgan fingerprint density at radius 3 is 2.18 bits per heavy atom. The molecule has 0 aliphatic rings. The second-order valence-electron chi connectivity index (χ2n) is 7.03. The highest BCUT2D eigenvalue weighted by molar-refractivity contribution is 8.01. The largest absolute Gasteiger partial charge is 0.508 e. The lowest BCUT2D eigenvalue weighted by Crippen LogP contribution is -2.08. The summed E-state index contributed by atoms with van der Waals surface area (Å²) in [5.41, 5.74) is 8.95. The molecule has 34 heavy (non-hydrogen) atoms. The molecule has 0 saturated carbocycles. The van der Waals surface area contributed by atoms with Crippen molar-refractivity contribution in [2.75, 3.05) is 6.26 Å². The molecule has 0 amide bonds. The molecule has 12 heteroatoms. The van der Waals surface area contributed by atoms with Gasteiger partial charge >= 0.3 is 6.18 Å². The van der Waals surface area contributed by atoms with Crippen LogP contribution in [0.25, 0.3) is 11.1 Å². The Balaban J connectivity index is 0.000000604. The van der Waals surface area contributed by atoms with Gasteiger partial charge in [-0.3, -0.25) is 10.2 Å². The monoisotopic (exact) mass is 530 g/mol. The van der Waals surface area contributed by atoms with E-state index < -0.39 is 22.3 Å². The van der Waals surface area contributed by atoms with Gasteiger partial charge in [0.1, 0.15) is 11.6 Å². The maximum atomic E-state index is 13.3. The Labute approximate surface area is 203 Å². The van der Waals surface area contributed by atoms with Crippen LogP contribution in [0.1, 0.15) is 16.0 Å². The van der Waals surface area contributed by atoms with Crippen molar-refractivity contribution in [3.8, 4) is 16.9 Å². The third kappa shape index (κ3) is 6.39. The number of benzene rings is 2. The fourth-order valence-corrected chi connectivity index (χ4v) is 7.06. The minimum absolute atomic E-state index is 0.147. The van der Waals surface area contributed by atoms with Crippen molar-refractivity contribution in [2.24, 2.45) is 5.73 Å². The van der Waals surface area contributed by atoms with Gasteiger partial charge in [0.25, 0.3) is 0 Å². The fraction of sp³-hybridized carbons (Fsp3) is 0.182. The van der Waals surface area contributed by atoms with Crippen molar-refractivity contribution in [3.05, 3.63) is 58.5 Å². The first-order valence-corrected chi connectivity index (χ1v) is 12.9. The van der Waals surface area contributed by atoms with Crippen LogP contribution >= 0.6 is 23.1 Å². The summed E-state index contributed by atoms with van der Waals surface area (Å²) in [6.07, 6.45) is -3.90. The highest BCUT2D eigenvalue weighted by Crippen LogP contribution is 2.38. The molecule has 4 N–H and O–H groups in total. The SMILES string of the molecule is CSc1sc(C(=N)N)cc1S(=O)(=O)c1cccc(-c2c(C)cc(O)cc2C)c1.O=CC(F)(F)F. The van der Waals surface area contributed by atoms with Gasteiger partial charge in [-0.1, -0.05) is 12.1 Å². The number of thioether (sulfide) groups is 1. The van der Waals surface area contributed by atoms with E-state index in [2.05, 4.69) is 0 Å². The molecule has 0 aliphatic carbocycles. The highest BCUT2D eigenvalue weighted by Gasteiger charge is 2.26. The van der Waals surface area contributed by atoms with Crippen molar-refractivity contribution >= 4 is 45.1 Å². The molecule has 1 aromatic heterocycles. The van der Waals surface area contributed by atoms with Crippen LogP contribution in [0.3, 0.4) is 0 Å². The van der Waals surface area contributed by atoms with Crippen molar-refractivity contribution in [3.63, 3.8) is 0 Å². The molecule has 0 spiro atoms. The van der Waals surface area contributed by atoms with E-state index in [4.69, 9.17) is 15.9 Å². The van der Waals surface area contributed by atoms with Crippen molar-refractivity contribution in [1.29, 1.82) is 5.41 Å². The van der Waals surface area contributed by atoms with Gasteiger partial charge in [0, 0.05) is 0 Å². The summed E-state index contributed by atoms with van der Waals surface area (Å²) in [4.78, 5) is 9.49. The number of hydrogen-bond acceptors (Lipinski definition) is 7. The first-order chi connectivity index (χ1) is 15.7. The van der Waals surface area contributed by atoms with Crippen LogP contribution in [-0.4, -0.2) is 38.1 Å². The number of alkyl halides is 3. The smallest absolute Gasteiger partial charge is 0.446 e. The van der Waals surface area contributed by atoms with Crippen LogP contribution in [0.5, 0.6) is 5.75 Å². The van der Waals surface area contributed by atoms with Crippen molar-refractivity contribution in [1.82, 2.24) is 0 Å². The van der Waals surface area contributed by atoms with Crippen LogP contribution in [0.15, 0.2) is 56.5 Å². The summed E-state index contributed by atoms with van der Waals surface area (Å²) < 4.78 is 58.5. The summed E-state index contributed by atoms with van der Waals surface area (Å²) in [7, 11) is -3.77. The minimum Gasteiger partial charge on any atom is -0.508 e. The average Bonchev–Trinajstić information content (AvgIpc) is 3.19. The number of sulfone groups is 1. The summed E-state index contributed by atoms with van der Waals surface area (Å²) in [6, 6.07) is 11.6. The van der Waals surface area contributed by atoms with Gasteiger partial charge < -0.3 is 10.8 Å². The average molecular weight is 531 g/mol. The Hall–Kier alpha value is -2.83.